The summed E-state index contributed by atoms with van der Waals surface area (Å²) in [6.07, 6.45) is 1.60. The minimum absolute atomic E-state index is 0.0156. The Bertz CT molecular complexity index is 1200. The predicted molar refractivity (Wildman–Crippen MR) is 129 cm³/mol. The lowest BCUT2D eigenvalue weighted by Crippen LogP contribution is -2.41. The monoisotopic (exact) mass is 469 g/mol. The molecule has 8 heteroatoms. The number of carbonyl (C=O) groups excluding carboxylic acids is 2. The van der Waals surface area contributed by atoms with E-state index in [1.54, 1.807) is 23.1 Å². The summed E-state index contributed by atoms with van der Waals surface area (Å²) >= 11 is 0. The fourth-order valence-electron chi connectivity index (χ4n) is 4.94. The van der Waals surface area contributed by atoms with E-state index in [1.807, 2.05) is 39.0 Å². The van der Waals surface area contributed by atoms with E-state index in [-0.39, 0.29) is 28.7 Å². The van der Waals surface area contributed by atoms with Crippen molar-refractivity contribution in [3.05, 3.63) is 53.1 Å². The van der Waals surface area contributed by atoms with Crippen LogP contribution in [-0.4, -0.2) is 43.7 Å². The third-order valence-electron chi connectivity index (χ3n) is 6.71. The molecule has 4 rings (SSSR count). The number of carbonyl (C=O) groups is 2. The normalized spacial score (nSPS) is 19.4. The standard InChI is InChI=1S/C25H31N3O4S/c1-16-5-7-23(17(2)13-16)26-25(30)20-9-11-27(12-10-20)33(31,32)22-6-8-24-21(15-22)14-18(3)28(24)19(4)29/h5-8,13,15,18,20H,9-12,14H2,1-4H3,(H,26,30)/t18-/m0/s1. The number of anilines is 2. The number of benzene rings is 2. The number of aryl methyl sites for hydroxylation is 2. The predicted octanol–water partition coefficient (Wildman–Crippen LogP) is 3.64. The number of hydrogen-bond donors (Lipinski definition) is 1. The Kier molecular flexibility index (Phi) is 6.33. The molecule has 2 heterocycles. The number of nitrogens with zero attached hydrogens (tertiary/aromatic N) is 2. The lowest BCUT2D eigenvalue weighted by atomic mass is 9.97. The summed E-state index contributed by atoms with van der Waals surface area (Å²) in [6, 6.07) is 10.9. The molecule has 2 aliphatic rings. The van der Waals surface area contributed by atoms with Crippen LogP contribution in [0.25, 0.3) is 0 Å². The first-order valence-corrected chi connectivity index (χ1v) is 12.8. The third-order valence-corrected chi connectivity index (χ3v) is 8.60. The molecule has 33 heavy (non-hydrogen) atoms. The van der Waals surface area contributed by atoms with Crippen LogP contribution in [0, 0.1) is 19.8 Å². The number of fused-ring (bicyclic) bond motifs is 1. The molecule has 0 aliphatic carbocycles. The van der Waals surface area contributed by atoms with Crippen LogP contribution < -0.4 is 10.2 Å². The van der Waals surface area contributed by atoms with Gasteiger partial charge in [-0.05, 0) is 75.4 Å². The van der Waals surface area contributed by atoms with E-state index in [1.165, 1.54) is 11.2 Å². The van der Waals surface area contributed by atoms with Gasteiger partial charge in [0.2, 0.25) is 21.8 Å². The van der Waals surface area contributed by atoms with Gasteiger partial charge in [0.1, 0.15) is 0 Å². The van der Waals surface area contributed by atoms with Gasteiger partial charge >= 0.3 is 0 Å². The van der Waals surface area contributed by atoms with Crippen LogP contribution in [-0.2, 0) is 26.0 Å². The molecule has 0 aromatic heterocycles. The lowest BCUT2D eigenvalue weighted by Gasteiger charge is -2.30. The molecule has 1 N–H and O–H groups in total. The van der Waals surface area contributed by atoms with Crippen LogP contribution in [0.2, 0.25) is 0 Å². The van der Waals surface area contributed by atoms with Crippen LogP contribution in [0.5, 0.6) is 0 Å². The minimum atomic E-state index is -3.66. The van der Waals surface area contributed by atoms with E-state index in [9.17, 15) is 18.0 Å². The number of hydrogen-bond acceptors (Lipinski definition) is 4. The van der Waals surface area contributed by atoms with Gasteiger partial charge in [0, 0.05) is 43.3 Å². The summed E-state index contributed by atoms with van der Waals surface area (Å²) in [5, 5.41) is 3.00. The zero-order valence-electron chi connectivity index (χ0n) is 19.6. The summed E-state index contributed by atoms with van der Waals surface area (Å²) in [7, 11) is -3.66. The van der Waals surface area contributed by atoms with Gasteiger partial charge < -0.3 is 10.2 Å². The maximum atomic E-state index is 13.3. The maximum Gasteiger partial charge on any atom is 0.243 e. The zero-order valence-corrected chi connectivity index (χ0v) is 20.4. The first-order valence-electron chi connectivity index (χ1n) is 11.4. The van der Waals surface area contributed by atoms with Crippen molar-refractivity contribution in [2.24, 2.45) is 5.92 Å². The van der Waals surface area contributed by atoms with Crippen molar-refractivity contribution in [3.8, 4) is 0 Å². The highest BCUT2D eigenvalue weighted by Gasteiger charge is 2.34. The second-order valence-corrected chi connectivity index (χ2v) is 11.2. The van der Waals surface area contributed by atoms with E-state index in [2.05, 4.69) is 5.32 Å². The Balaban J connectivity index is 1.43. The number of rotatable bonds is 4. The third kappa shape index (κ3) is 4.54. The molecule has 1 atom stereocenters. The second kappa shape index (κ2) is 8.91. The van der Waals surface area contributed by atoms with Crippen molar-refractivity contribution in [1.82, 2.24) is 4.31 Å². The number of piperidine rings is 1. The van der Waals surface area contributed by atoms with Gasteiger partial charge in [-0.2, -0.15) is 4.31 Å². The molecule has 2 aliphatic heterocycles. The highest BCUT2D eigenvalue weighted by atomic mass is 32.2. The Hall–Kier alpha value is -2.71. The Morgan fingerprint density at radius 3 is 2.36 bits per heavy atom. The van der Waals surface area contributed by atoms with Gasteiger partial charge in [-0.3, -0.25) is 9.59 Å². The molecule has 1 saturated heterocycles. The summed E-state index contributed by atoms with van der Waals surface area (Å²) in [6.45, 7) is 8.07. The number of sulfonamides is 1. The van der Waals surface area contributed by atoms with E-state index in [0.29, 0.717) is 32.4 Å². The molecule has 2 aromatic carbocycles. The topological polar surface area (TPSA) is 86.8 Å². The fourth-order valence-corrected chi connectivity index (χ4v) is 6.46. The van der Waals surface area contributed by atoms with E-state index < -0.39 is 10.0 Å². The largest absolute Gasteiger partial charge is 0.326 e. The molecule has 7 nitrogen and oxygen atoms in total. The summed E-state index contributed by atoms with van der Waals surface area (Å²) < 4.78 is 28.0. The average molecular weight is 470 g/mol. The van der Waals surface area contributed by atoms with Crippen LogP contribution in [0.1, 0.15) is 43.4 Å². The second-order valence-electron chi connectivity index (χ2n) is 9.22. The van der Waals surface area contributed by atoms with Crippen molar-refractivity contribution < 1.29 is 18.0 Å². The minimum Gasteiger partial charge on any atom is -0.326 e. The van der Waals surface area contributed by atoms with Crippen LogP contribution in [0.15, 0.2) is 41.3 Å². The molecule has 0 radical (unpaired) electrons. The Morgan fingerprint density at radius 1 is 1.03 bits per heavy atom. The van der Waals surface area contributed by atoms with Gasteiger partial charge in [0.05, 0.1) is 4.90 Å². The van der Waals surface area contributed by atoms with Crippen molar-refractivity contribution in [2.75, 3.05) is 23.3 Å². The molecule has 0 saturated carbocycles. The SMILES string of the molecule is CC(=O)N1c2ccc(S(=O)(=O)N3CCC(C(=O)Nc4ccc(C)cc4C)CC3)cc2C[C@@H]1C. The first-order chi connectivity index (χ1) is 15.6. The zero-order chi connectivity index (χ0) is 23.9. The summed E-state index contributed by atoms with van der Waals surface area (Å²) in [5.74, 6) is -0.324. The van der Waals surface area contributed by atoms with Crippen molar-refractivity contribution >= 4 is 33.2 Å². The number of nitrogens with one attached hydrogen (secondary N) is 1. The van der Waals surface area contributed by atoms with Gasteiger partial charge in [-0.1, -0.05) is 17.7 Å². The fraction of sp³-hybridized carbons (Fsp3) is 0.440. The van der Waals surface area contributed by atoms with Crippen LogP contribution >= 0.6 is 0 Å². The van der Waals surface area contributed by atoms with E-state index in [4.69, 9.17) is 0 Å². The number of amides is 2. The molecule has 0 bridgehead atoms. The quantitative estimate of drug-likeness (QED) is 0.741. The maximum absolute atomic E-state index is 13.3. The molecule has 0 unspecified atom stereocenters. The Morgan fingerprint density at radius 2 is 1.73 bits per heavy atom. The molecule has 2 aromatic rings. The highest BCUT2D eigenvalue weighted by Crippen LogP contribution is 2.35. The van der Waals surface area contributed by atoms with E-state index >= 15 is 0 Å². The molecule has 2 amide bonds. The van der Waals surface area contributed by atoms with Gasteiger partial charge in [-0.15, -0.1) is 0 Å². The van der Waals surface area contributed by atoms with Crippen molar-refractivity contribution in [1.29, 1.82) is 0 Å². The molecular weight excluding hydrogens is 438 g/mol. The first kappa shape index (κ1) is 23.4. The average Bonchev–Trinajstić information content (AvgIpc) is 3.10. The Labute approximate surface area is 195 Å². The van der Waals surface area contributed by atoms with Gasteiger partial charge in [0.15, 0.2) is 0 Å². The molecule has 1 fully saturated rings. The smallest absolute Gasteiger partial charge is 0.243 e. The van der Waals surface area contributed by atoms with Crippen molar-refractivity contribution in [3.63, 3.8) is 0 Å². The molecular formula is C25H31N3O4S. The summed E-state index contributed by atoms with van der Waals surface area (Å²) in [4.78, 5) is 26.7. The lowest BCUT2D eigenvalue weighted by molar-refractivity contribution is -0.121. The van der Waals surface area contributed by atoms with Crippen molar-refractivity contribution in [2.45, 2.75) is 57.9 Å². The highest BCUT2D eigenvalue weighted by molar-refractivity contribution is 7.89. The van der Waals surface area contributed by atoms with Crippen LogP contribution in [0.3, 0.4) is 0 Å². The molecule has 0 spiro atoms. The molecule has 176 valence electrons. The summed E-state index contributed by atoms with van der Waals surface area (Å²) in [5.41, 5.74) is 4.61. The van der Waals surface area contributed by atoms with Gasteiger partial charge in [-0.25, -0.2) is 8.42 Å². The van der Waals surface area contributed by atoms with E-state index in [0.717, 1.165) is 28.1 Å². The van der Waals surface area contributed by atoms with Crippen LogP contribution in [0.4, 0.5) is 11.4 Å². The van der Waals surface area contributed by atoms with Gasteiger partial charge in [0.25, 0.3) is 0 Å².